The van der Waals surface area contributed by atoms with E-state index < -0.39 is 9.84 Å². The van der Waals surface area contributed by atoms with Crippen LogP contribution in [-0.4, -0.2) is 48.3 Å². The Labute approximate surface area is 119 Å². The van der Waals surface area contributed by atoms with Crippen LogP contribution in [0.5, 0.6) is 0 Å². The Morgan fingerprint density at radius 3 is 2.80 bits per heavy atom. The molecule has 110 valence electrons. The molecule has 0 bridgehead atoms. The van der Waals surface area contributed by atoms with Gasteiger partial charge in [-0.2, -0.15) is 0 Å². The summed E-state index contributed by atoms with van der Waals surface area (Å²) in [5.41, 5.74) is 1.77. The van der Waals surface area contributed by atoms with Crippen molar-refractivity contribution in [2.75, 3.05) is 18.8 Å². The van der Waals surface area contributed by atoms with Crippen LogP contribution >= 0.6 is 0 Å². The van der Waals surface area contributed by atoms with Gasteiger partial charge in [0.1, 0.15) is 0 Å². The van der Waals surface area contributed by atoms with Gasteiger partial charge in [-0.05, 0) is 31.9 Å². The van der Waals surface area contributed by atoms with Gasteiger partial charge >= 0.3 is 0 Å². The summed E-state index contributed by atoms with van der Waals surface area (Å²) in [6.45, 7) is 4.42. The van der Waals surface area contributed by atoms with E-state index >= 15 is 0 Å². The predicted molar refractivity (Wildman–Crippen MR) is 77.1 cm³/mol. The lowest BCUT2D eigenvalue weighted by Crippen LogP contribution is -2.34. The van der Waals surface area contributed by atoms with E-state index in [1.165, 1.54) is 0 Å². The highest BCUT2D eigenvalue weighted by Gasteiger charge is 2.28. The largest absolute Gasteiger partial charge is 0.341 e. The van der Waals surface area contributed by atoms with Gasteiger partial charge in [0.25, 0.3) is 0 Å². The van der Waals surface area contributed by atoms with Crippen LogP contribution in [0, 0.1) is 6.92 Å². The van der Waals surface area contributed by atoms with Gasteiger partial charge in [-0.25, -0.2) is 8.42 Å². The van der Waals surface area contributed by atoms with Crippen LogP contribution in [0.3, 0.4) is 0 Å². The summed E-state index contributed by atoms with van der Waals surface area (Å²) in [5.74, 6) is 0.0337. The Morgan fingerprint density at radius 2 is 2.15 bits per heavy atom. The predicted octanol–water partition coefficient (Wildman–Crippen LogP) is 0.968. The standard InChI is InChI=1S/C14H20N2O3S/c1-11-3-4-13(10-15-11)9-14(17)16-6-5-12(2)20(18,19)8-7-16/h3-4,10,12H,5-9H2,1-2H3. The minimum Gasteiger partial charge on any atom is -0.341 e. The fraction of sp³-hybridized carbons (Fsp3) is 0.571. The Kier molecular flexibility index (Phi) is 4.42. The molecule has 0 aliphatic carbocycles. The number of hydrogen-bond donors (Lipinski definition) is 0. The van der Waals surface area contributed by atoms with Gasteiger partial charge in [-0.3, -0.25) is 9.78 Å². The number of nitrogens with zero attached hydrogens (tertiary/aromatic N) is 2. The van der Waals surface area contributed by atoms with Gasteiger partial charge in [-0.15, -0.1) is 0 Å². The number of sulfone groups is 1. The highest BCUT2D eigenvalue weighted by atomic mass is 32.2. The fourth-order valence-corrected chi connectivity index (χ4v) is 3.55. The van der Waals surface area contributed by atoms with E-state index in [-0.39, 0.29) is 23.3 Å². The van der Waals surface area contributed by atoms with Crippen LogP contribution in [0.15, 0.2) is 18.3 Å². The van der Waals surface area contributed by atoms with Crippen molar-refractivity contribution in [3.63, 3.8) is 0 Å². The smallest absolute Gasteiger partial charge is 0.227 e. The molecule has 2 heterocycles. The molecule has 1 amide bonds. The highest BCUT2D eigenvalue weighted by Crippen LogP contribution is 2.14. The van der Waals surface area contributed by atoms with Crippen molar-refractivity contribution in [3.8, 4) is 0 Å². The van der Waals surface area contributed by atoms with Crippen molar-refractivity contribution in [1.82, 2.24) is 9.88 Å². The number of pyridine rings is 1. The van der Waals surface area contributed by atoms with E-state index in [1.807, 2.05) is 19.1 Å². The topological polar surface area (TPSA) is 67.3 Å². The first-order chi connectivity index (χ1) is 9.38. The molecule has 1 aromatic heterocycles. The number of carbonyl (C=O) groups is 1. The first kappa shape index (κ1) is 15.0. The van der Waals surface area contributed by atoms with Crippen molar-refractivity contribution in [1.29, 1.82) is 0 Å². The Morgan fingerprint density at radius 1 is 1.40 bits per heavy atom. The summed E-state index contributed by atoms with van der Waals surface area (Å²) in [6.07, 6.45) is 2.49. The molecule has 1 aliphatic heterocycles. The highest BCUT2D eigenvalue weighted by molar-refractivity contribution is 7.92. The van der Waals surface area contributed by atoms with Gasteiger partial charge in [-0.1, -0.05) is 6.07 Å². The number of aromatic nitrogens is 1. The zero-order chi connectivity index (χ0) is 14.8. The number of hydrogen-bond acceptors (Lipinski definition) is 4. The maximum Gasteiger partial charge on any atom is 0.227 e. The average molecular weight is 296 g/mol. The molecule has 0 N–H and O–H groups in total. The van der Waals surface area contributed by atoms with Gasteiger partial charge in [0.15, 0.2) is 9.84 Å². The van der Waals surface area contributed by atoms with E-state index in [9.17, 15) is 13.2 Å². The molecule has 5 nitrogen and oxygen atoms in total. The van der Waals surface area contributed by atoms with Crippen LogP contribution in [0.2, 0.25) is 0 Å². The van der Waals surface area contributed by atoms with Gasteiger partial charge in [0, 0.05) is 25.0 Å². The van der Waals surface area contributed by atoms with E-state index in [4.69, 9.17) is 0 Å². The Bertz CT molecular complexity index is 581. The third kappa shape index (κ3) is 3.56. The Balaban J connectivity index is 2.01. The van der Waals surface area contributed by atoms with E-state index in [0.29, 0.717) is 19.5 Å². The molecule has 1 aliphatic rings. The first-order valence-corrected chi connectivity index (χ1v) is 8.51. The molecule has 1 atom stereocenters. The summed E-state index contributed by atoms with van der Waals surface area (Å²) in [5, 5.41) is -0.360. The van der Waals surface area contributed by atoms with Crippen LogP contribution in [0.4, 0.5) is 0 Å². The van der Waals surface area contributed by atoms with Crippen molar-refractivity contribution in [2.45, 2.75) is 31.9 Å². The van der Waals surface area contributed by atoms with E-state index in [1.54, 1.807) is 18.0 Å². The van der Waals surface area contributed by atoms with Crippen molar-refractivity contribution >= 4 is 15.7 Å². The maximum atomic E-state index is 12.2. The molecule has 0 aromatic carbocycles. The number of amides is 1. The molecule has 0 spiro atoms. The molecule has 1 fully saturated rings. The molecule has 0 radical (unpaired) electrons. The van der Waals surface area contributed by atoms with E-state index in [2.05, 4.69) is 4.98 Å². The second kappa shape index (κ2) is 5.91. The molecule has 1 aromatic rings. The second-order valence-electron chi connectivity index (χ2n) is 5.33. The molecule has 20 heavy (non-hydrogen) atoms. The molecule has 6 heteroatoms. The molecule has 1 saturated heterocycles. The number of aryl methyl sites for hydroxylation is 1. The third-order valence-corrected chi connectivity index (χ3v) is 5.96. The van der Waals surface area contributed by atoms with Crippen LogP contribution < -0.4 is 0 Å². The summed E-state index contributed by atoms with van der Waals surface area (Å²) < 4.78 is 23.6. The lowest BCUT2D eigenvalue weighted by molar-refractivity contribution is -0.130. The van der Waals surface area contributed by atoms with Crippen LogP contribution in [0.1, 0.15) is 24.6 Å². The van der Waals surface area contributed by atoms with Gasteiger partial charge in [0.2, 0.25) is 5.91 Å². The average Bonchev–Trinajstić information content (AvgIpc) is 2.53. The monoisotopic (exact) mass is 296 g/mol. The zero-order valence-corrected chi connectivity index (χ0v) is 12.7. The third-order valence-electron chi connectivity index (χ3n) is 3.74. The summed E-state index contributed by atoms with van der Waals surface area (Å²) in [7, 11) is -3.05. The molecule has 2 rings (SSSR count). The quantitative estimate of drug-likeness (QED) is 0.815. The lowest BCUT2D eigenvalue weighted by Gasteiger charge is -2.19. The molecule has 1 unspecified atom stereocenters. The van der Waals surface area contributed by atoms with Crippen LogP contribution in [0.25, 0.3) is 0 Å². The number of rotatable bonds is 2. The van der Waals surface area contributed by atoms with Gasteiger partial charge in [0.05, 0.1) is 17.4 Å². The van der Waals surface area contributed by atoms with Crippen molar-refractivity contribution in [2.24, 2.45) is 0 Å². The molecular formula is C14H20N2O3S. The minimum absolute atomic E-state index is 0.0278. The van der Waals surface area contributed by atoms with Crippen molar-refractivity contribution < 1.29 is 13.2 Å². The van der Waals surface area contributed by atoms with Crippen LogP contribution in [-0.2, 0) is 21.1 Å². The lowest BCUT2D eigenvalue weighted by atomic mass is 10.1. The SMILES string of the molecule is Cc1ccc(CC(=O)N2CCC(C)S(=O)(=O)CC2)cn1. The first-order valence-electron chi connectivity index (χ1n) is 6.79. The molecule has 0 saturated carbocycles. The summed E-state index contributed by atoms with van der Waals surface area (Å²) in [4.78, 5) is 18.0. The Hall–Kier alpha value is -1.43. The fourth-order valence-electron chi connectivity index (χ4n) is 2.21. The minimum atomic E-state index is -3.05. The van der Waals surface area contributed by atoms with Gasteiger partial charge < -0.3 is 4.90 Å². The maximum absolute atomic E-state index is 12.2. The normalized spacial score (nSPS) is 22.3. The number of carbonyl (C=O) groups excluding carboxylic acids is 1. The second-order valence-corrected chi connectivity index (χ2v) is 7.87. The van der Waals surface area contributed by atoms with E-state index in [0.717, 1.165) is 11.3 Å². The summed E-state index contributed by atoms with van der Waals surface area (Å²) >= 11 is 0. The zero-order valence-electron chi connectivity index (χ0n) is 11.9. The van der Waals surface area contributed by atoms with Crippen molar-refractivity contribution in [3.05, 3.63) is 29.6 Å². The molecular weight excluding hydrogens is 276 g/mol. The summed E-state index contributed by atoms with van der Waals surface area (Å²) in [6, 6.07) is 3.76.